The van der Waals surface area contributed by atoms with Gasteiger partial charge in [0.2, 0.25) is 0 Å². The predicted molar refractivity (Wildman–Crippen MR) is 108 cm³/mol. The highest BCUT2D eigenvalue weighted by Gasteiger charge is 2.21. The Balaban J connectivity index is 1.58. The molecule has 0 fully saturated rings. The summed E-state index contributed by atoms with van der Waals surface area (Å²) in [5.74, 6) is -0.0832. The number of furan rings is 1. The molecular formula is C22H20ClNO5. The SMILES string of the molecule is C[C@H](OC(=O)c1ccccc1OCc1ccc(Cl)cc1)C(=O)NCc1ccco1. The zero-order chi connectivity index (χ0) is 20.6. The molecule has 0 unspecified atom stereocenters. The molecule has 0 aliphatic carbocycles. The smallest absolute Gasteiger partial charge is 0.342 e. The Morgan fingerprint density at radius 3 is 2.55 bits per heavy atom. The molecule has 0 aliphatic rings. The number of amides is 1. The molecule has 2 aromatic carbocycles. The summed E-state index contributed by atoms with van der Waals surface area (Å²) in [6, 6.07) is 17.4. The lowest BCUT2D eigenvalue weighted by molar-refractivity contribution is -0.129. The number of esters is 1. The van der Waals surface area contributed by atoms with Crippen LogP contribution in [0.5, 0.6) is 5.75 Å². The van der Waals surface area contributed by atoms with Gasteiger partial charge in [0.25, 0.3) is 5.91 Å². The van der Waals surface area contributed by atoms with Crippen molar-refractivity contribution >= 4 is 23.5 Å². The van der Waals surface area contributed by atoms with Gasteiger partial charge in [-0.3, -0.25) is 4.79 Å². The summed E-state index contributed by atoms with van der Waals surface area (Å²) in [7, 11) is 0. The normalized spacial score (nSPS) is 11.5. The van der Waals surface area contributed by atoms with E-state index >= 15 is 0 Å². The van der Waals surface area contributed by atoms with Crippen LogP contribution in [0.4, 0.5) is 0 Å². The van der Waals surface area contributed by atoms with Crippen LogP contribution in [0.15, 0.2) is 71.3 Å². The van der Waals surface area contributed by atoms with Gasteiger partial charge in [-0.1, -0.05) is 35.9 Å². The number of hydrogen-bond acceptors (Lipinski definition) is 5. The molecule has 1 aromatic heterocycles. The first-order valence-electron chi connectivity index (χ1n) is 9.00. The first kappa shape index (κ1) is 20.5. The molecule has 1 amide bonds. The molecule has 0 spiro atoms. The number of nitrogens with one attached hydrogen (secondary N) is 1. The second-order valence-corrected chi connectivity index (χ2v) is 6.69. The van der Waals surface area contributed by atoms with E-state index in [0.29, 0.717) is 16.5 Å². The average Bonchev–Trinajstić information content (AvgIpc) is 3.25. The van der Waals surface area contributed by atoms with Gasteiger partial charge in [-0.15, -0.1) is 0 Å². The second-order valence-electron chi connectivity index (χ2n) is 6.26. The predicted octanol–water partition coefficient (Wildman–Crippen LogP) is 4.37. The summed E-state index contributed by atoms with van der Waals surface area (Å²) >= 11 is 5.88. The van der Waals surface area contributed by atoms with E-state index < -0.39 is 18.0 Å². The molecule has 1 atom stereocenters. The molecule has 1 N–H and O–H groups in total. The van der Waals surface area contributed by atoms with Crippen molar-refractivity contribution in [1.29, 1.82) is 0 Å². The molecule has 1 heterocycles. The van der Waals surface area contributed by atoms with E-state index in [1.165, 1.54) is 13.2 Å². The number of benzene rings is 2. The molecule has 3 aromatic rings. The third-order valence-electron chi connectivity index (χ3n) is 4.08. The lowest BCUT2D eigenvalue weighted by Gasteiger charge is -2.15. The van der Waals surface area contributed by atoms with E-state index in [-0.39, 0.29) is 18.7 Å². The summed E-state index contributed by atoms with van der Waals surface area (Å²) in [6.07, 6.45) is 0.549. The van der Waals surface area contributed by atoms with Gasteiger partial charge < -0.3 is 19.2 Å². The van der Waals surface area contributed by atoms with Gasteiger partial charge >= 0.3 is 5.97 Å². The fraction of sp³-hybridized carbons (Fsp3) is 0.182. The quantitative estimate of drug-likeness (QED) is 0.555. The third kappa shape index (κ3) is 5.86. The van der Waals surface area contributed by atoms with Crippen LogP contribution < -0.4 is 10.1 Å². The second kappa shape index (κ2) is 9.80. The first-order chi connectivity index (χ1) is 14.0. The molecule has 0 saturated heterocycles. The van der Waals surface area contributed by atoms with E-state index in [1.807, 2.05) is 12.1 Å². The summed E-state index contributed by atoms with van der Waals surface area (Å²) in [5, 5.41) is 3.29. The highest BCUT2D eigenvalue weighted by atomic mass is 35.5. The van der Waals surface area contributed by atoms with Crippen molar-refractivity contribution in [1.82, 2.24) is 5.32 Å². The maximum Gasteiger partial charge on any atom is 0.342 e. The lowest BCUT2D eigenvalue weighted by Crippen LogP contribution is -2.35. The van der Waals surface area contributed by atoms with Crippen molar-refractivity contribution in [3.8, 4) is 5.75 Å². The van der Waals surface area contributed by atoms with Crippen LogP contribution in [0.2, 0.25) is 5.02 Å². The van der Waals surface area contributed by atoms with Gasteiger partial charge in [0.1, 0.15) is 23.7 Å². The van der Waals surface area contributed by atoms with Crippen LogP contribution in [0.1, 0.15) is 28.6 Å². The van der Waals surface area contributed by atoms with Crippen molar-refractivity contribution in [2.24, 2.45) is 0 Å². The molecule has 0 aliphatic heterocycles. The summed E-state index contributed by atoms with van der Waals surface area (Å²) in [5.41, 5.74) is 1.15. The number of carbonyl (C=O) groups excluding carboxylic acids is 2. The van der Waals surface area contributed by atoms with Crippen LogP contribution in [0, 0.1) is 0 Å². The molecule has 150 valence electrons. The van der Waals surface area contributed by atoms with Gasteiger partial charge in [-0.2, -0.15) is 0 Å². The van der Waals surface area contributed by atoms with Crippen molar-refractivity contribution in [3.63, 3.8) is 0 Å². The van der Waals surface area contributed by atoms with E-state index in [4.69, 9.17) is 25.5 Å². The zero-order valence-electron chi connectivity index (χ0n) is 15.8. The molecule has 0 bridgehead atoms. The number of ether oxygens (including phenoxy) is 2. The van der Waals surface area contributed by atoms with Crippen LogP contribution >= 0.6 is 11.6 Å². The minimum atomic E-state index is -0.971. The highest BCUT2D eigenvalue weighted by molar-refractivity contribution is 6.30. The fourth-order valence-corrected chi connectivity index (χ4v) is 2.64. The van der Waals surface area contributed by atoms with Gasteiger partial charge in [-0.25, -0.2) is 4.79 Å². The van der Waals surface area contributed by atoms with Gasteiger partial charge in [0.05, 0.1) is 12.8 Å². The Kier molecular flexibility index (Phi) is 6.92. The molecule has 0 radical (unpaired) electrons. The fourth-order valence-electron chi connectivity index (χ4n) is 2.51. The monoisotopic (exact) mass is 413 g/mol. The van der Waals surface area contributed by atoms with E-state index in [9.17, 15) is 9.59 Å². The molecule has 0 saturated carbocycles. The van der Waals surface area contributed by atoms with Crippen LogP contribution in [-0.4, -0.2) is 18.0 Å². The molecule has 6 nitrogen and oxygen atoms in total. The Labute approximate surface area is 173 Å². The van der Waals surface area contributed by atoms with Crippen LogP contribution in [0.25, 0.3) is 0 Å². The van der Waals surface area contributed by atoms with E-state index in [2.05, 4.69) is 5.32 Å². The lowest BCUT2D eigenvalue weighted by atomic mass is 10.2. The summed E-state index contributed by atoms with van der Waals surface area (Å²) in [6.45, 7) is 1.99. The molecule has 29 heavy (non-hydrogen) atoms. The number of carbonyl (C=O) groups is 2. The molecule has 3 rings (SSSR count). The minimum Gasteiger partial charge on any atom is -0.488 e. The Bertz CT molecular complexity index is 954. The first-order valence-corrected chi connectivity index (χ1v) is 9.38. The largest absolute Gasteiger partial charge is 0.488 e. The van der Waals surface area contributed by atoms with Crippen molar-refractivity contribution in [2.75, 3.05) is 0 Å². The maximum absolute atomic E-state index is 12.6. The molecule has 7 heteroatoms. The highest BCUT2D eigenvalue weighted by Crippen LogP contribution is 2.21. The third-order valence-corrected chi connectivity index (χ3v) is 4.34. The van der Waals surface area contributed by atoms with Gasteiger partial charge in [-0.05, 0) is 48.9 Å². The maximum atomic E-state index is 12.6. The minimum absolute atomic E-state index is 0.217. The van der Waals surface area contributed by atoms with E-state index in [1.54, 1.807) is 48.5 Å². The number of para-hydroxylation sites is 1. The Morgan fingerprint density at radius 2 is 1.83 bits per heavy atom. The Morgan fingerprint density at radius 1 is 1.07 bits per heavy atom. The van der Waals surface area contributed by atoms with Crippen LogP contribution in [-0.2, 0) is 22.7 Å². The van der Waals surface area contributed by atoms with Crippen molar-refractivity contribution in [2.45, 2.75) is 26.2 Å². The number of rotatable bonds is 8. The van der Waals surface area contributed by atoms with Crippen molar-refractivity contribution in [3.05, 3.63) is 88.8 Å². The summed E-state index contributed by atoms with van der Waals surface area (Å²) < 4.78 is 16.2. The zero-order valence-corrected chi connectivity index (χ0v) is 16.5. The number of hydrogen-bond donors (Lipinski definition) is 1. The summed E-state index contributed by atoms with van der Waals surface area (Å²) in [4.78, 5) is 24.7. The van der Waals surface area contributed by atoms with Crippen molar-refractivity contribution < 1.29 is 23.5 Å². The molecular weight excluding hydrogens is 394 g/mol. The number of halogens is 1. The van der Waals surface area contributed by atoms with E-state index in [0.717, 1.165) is 5.56 Å². The topological polar surface area (TPSA) is 77.8 Å². The van der Waals surface area contributed by atoms with Crippen LogP contribution in [0.3, 0.4) is 0 Å². The van der Waals surface area contributed by atoms with Gasteiger partial charge in [0.15, 0.2) is 6.10 Å². The standard InChI is InChI=1S/C22H20ClNO5/c1-15(21(25)24-13-18-5-4-12-27-18)29-22(26)19-6-2-3-7-20(19)28-14-16-8-10-17(23)11-9-16/h2-12,15H,13-14H2,1H3,(H,24,25)/t15-/m0/s1. The average molecular weight is 414 g/mol. The Hall–Kier alpha value is -3.25. The van der Waals surface area contributed by atoms with Gasteiger partial charge in [0, 0.05) is 5.02 Å².